The van der Waals surface area contributed by atoms with E-state index in [2.05, 4.69) is 67.8 Å². The molecule has 0 saturated carbocycles. The number of para-hydroxylation sites is 3. The Balaban J connectivity index is 1.44. The van der Waals surface area contributed by atoms with Gasteiger partial charge in [0, 0.05) is 6.54 Å². The molecule has 0 fully saturated rings. The summed E-state index contributed by atoms with van der Waals surface area (Å²) in [5.41, 5.74) is 3.45. The SMILES string of the molecule is CC(C)c1ccc(OCCCn2c(C(C)Oc3ccccc3)nc3ccccc32)cc1. The van der Waals surface area contributed by atoms with E-state index in [0.29, 0.717) is 12.5 Å². The Kier molecular flexibility index (Phi) is 6.56. The van der Waals surface area contributed by atoms with Crippen LogP contribution in [0.25, 0.3) is 11.0 Å². The van der Waals surface area contributed by atoms with Crippen LogP contribution in [0, 0.1) is 0 Å². The minimum atomic E-state index is -0.153. The first-order valence-corrected chi connectivity index (χ1v) is 11.0. The number of fused-ring (bicyclic) bond motifs is 1. The third kappa shape index (κ3) is 5.08. The van der Waals surface area contributed by atoms with E-state index in [1.165, 1.54) is 5.56 Å². The van der Waals surface area contributed by atoms with Crippen molar-refractivity contribution < 1.29 is 9.47 Å². The van der Waals surface area contributed by atoms with Crippen LogP contribution in [0.4, 0.5) is 0 Å². The predicted molar refractivity (Wildman–Crippen MR) is 126 cm³/mol. The molecule has 0 N–H and O–H groups in total. The van der Waals surface area contributed by atoms with Crippen LogP contribution in [0.2, 0.25) is 0 Å². The van der Waals surface area contributed by atoms with E-state index in [4.69, 9.17) is 14.5 Å². The summed E-state index contributed by atoms with van der Waals surface area (Å²) >= 11 is 0. The van der Waals surface area contributed by atoms with Crippen molar-refractivity contribution in [3.63, 3.8) is 0 Å². The molecule has 0 aliphatic rings. The number of nitrogens with zero attached hydrogens (tertiary/aromatic N) is 2. The number of hydrogen-bond acceptors (Lipinski definition) is 3. The third-order valence-corrected chi connectivity index (χ3v) is 5.45. The number of aryl methyl sites for hydroxylation is 1. The highest BCUT2D eigenvalue weighted by molar-refractivity contribution is 5.76. The zero-order chi connectivity index (χ0) is 21.6. The van der Waals surface area contributed by atoms with Gasteiger partial charge in [-0.1, -0.05) is 56.3 Å². The van der Waals surface area contributed by atoms with Crippen LogP contribution in [-0.2, 0) is 6.54 Å². The number of ether oxygens (including phenoxy) is 2. The van der Waals surface area contributed by atoms with Crippen LogP contribution in [0.15, 0.2) is 78.9 Å². The molecule has 1 heterocycles. The fraction of sp³-hybridized carbons (Fsp3) is 0.296. The Morgan fingerprint density at radius 2 is 1.52 bits per heavy atom. The molecular weight excluding hydrogens is 384 g/mol. The van der Waals surface area contributed by atoms with Gasteiger partial charge in [0.1, 0.15) is 11.5 Å². The molecule has 0 aliphatic carbocycles. The Morgan fingerprint density at radius 3 is 2.26 bits per heavy atom. The number of imidazole rings is 1. The first-order chi connectivity index (χ1) is 15.1. The molecule has 1 unspecified atom stereocenters. The van der Waals surface area contributed by atoms with Crippen LogP contribution < -0.4 is 9.47 Å². The van der Waals surface area contributed by atoms with E-state index in [-0.39, 0.29) is 6.10 Å². The van der Waals surface area contributed by atoms with E-state index in [0.717, 1.165) is 41.3 Å². The smallest absolute Gasteiger partial charge is 0.153 e. The van der Waals surface area contributed by atoms with Gasteiger partial charge in [0.15, 0.2) is 11.9 Å². The molecule has 0 amide bonds. The highest BCUT2D eigenvalue weighted by Crippen LogP contribution is 2.25. The molecule has 0 aliphatic heterocycles. The number of rotatable bonds is 9. The summed E-state index contributed by atoms with van der Waals surface area (Å²) in [6.07, 6.45) is 0.733. The second kappa shape index (κ2) is 9.69. The maximum absolute atomic E-state index is 6.16. The van der Waals surface area contributed by atoms with Gasteiger partial charge in [0.25, 0.3) is 0 Å². The van der Waals surface area contributed by atoms with Crippen LogP contribution in [-0.4, -0.2) is 16.2 Å². The largest absolute Gasteiger partial charge is 0.494 e. The lowest BCUT2D eigenvalue weighted by molar-refractivity contribution is 0.210. The van der Waals surface area contributed by atoms with Crippen molar-refractivity contribution in [2.45, 2.75) is 45.8 Å². The van der Waals surface area contributed by atoms with Gasteiger partial charge in [-0.05, 0) is 61.2 Å². The topological polar surface area (TPSA) is 36.3 Å². The molecule has 4 heteroatoms. The zero-order valence-electron chi connectivity index (χ0n) is 18.5. The fourth-order valence-electron chi connectivity index (χ4n) is 3.76. The summed E-state index contributed by atoms with van der Waals surface area (Å²) in [4.78, 5) is 4.87. The first kappa shape index (κ1) is 21.0. The van der Waals surface area contributed by atoms with Crippen LogP contribution >= 0.6 is 0 Å². The molecule has 160 valence electrons. The van der Waals surface area contributed by atoms with E-state index in [9.17, 15) is 0 Å². The molecule has 1 aromatic heterocycles. The van der Waals surface area contributed by atoms with Crippen molar-refractivity contribution in [3.05, 3.63) is 90.3 Å². The minimum absolute atomic E-state index is 0.153. The quantitative estimate of drug-likeness (QED) is 0.284. The van der Waals surface area contributed by atoms with Gasteiger partial charge in [0.05, 0.1) is 17.6 Å². The van der Waals surface area contributed by atoms with Crippen LogP contribution in [0.3, 0.4) is 0 Å². The lowest BCUT2D eigenvalue weighted by Crippen LogP contribution is -2.13. The Labute approximate surface area is 184 Å². The monoisotopic (exact) mass is 414 g/mol. The Bertz CT molecular complexity index is 1100. The number of hydrogen-bond donors (Lipinski definition) is 0. The van der Waals surface area contributed by atoms with Crippen LogP contribution in [0.5, 0.6) is 11.5 Å². The summed E-state index contributed by atoms with van der Waals surface area (Å²) in [5.74, 6) is 3.23. The van der Waals surface area contributed by atoms with Gasteiger partial charge >= 0.3 is 0 Å². The van der Waals surface area contributed by atoms with E-state index in [1.807, 2.05) is 36.4 Å². The molecule has 4 rings (SSSR count). The highest BCUT2D eigenvalue weighted by atomic mass is 16.5. The molecule has 0 spiro atoms. The molecule has 4 nitrogen and oxygen atoms in total. The highest BCUT2D eigenvalue weighted by Gasteiger charge is 2.18. The van der Waals surface area contributed by atoms with Crippen molar-refractivity contribution in [2.75, 3.05) is 6.61 Å². The zero-order valence-corrected chi connectivity index (χ0v) is 18.5. The Morgan fingerprint density at radius 1 is 0.806 bits per heavy atom. The normalized spacial score (nSPS) is 12.3. The molecule has 0 radical (unpaired) electrons. The van der Waals surface area contributed by atoms with Crippen molar-refractivity contribution in [2.24, 2.45) is 0 Å². The van der Waals surface area contributed by atoms with Gasteiger partial charge < -0.3 is 14.0 Å². The van der Waals surface area contributed by atoms with Gasteiger partial charge in [-0.15, -0.1) is 0 Å². The third-order valence-electron chi connectivity index (χ3n) is 5.45. The predicted octanol–water partition coefficient (Wildman–Crippen LogP) is 6.77. The second-order valence-electron chi connectivity index (χ2n) is 8.11. The molecule has 1 atom stereocenters. The average Bonchev–Trinajstić information content (AvgIpc) is 3.16. The molecule has 4 aromatic rings. The molecule has 3 aromatic carbocycles. The van der Waals surface area contributed by atoms with Crippen molar-refractivity contribution in [1.82, 2.24) is 9.55 Å². The summed E-state index contributed by atoms with van der Waals surface area (Å²) in [6, 6.07) is 26.6. The second-order valence-corrected chi connectivity index (χ2v) is 8.11. The standard InChI is InChI=1S/C27H30N2O2/c1-20(2)22-14-16-23(17-15-22)30-19-9-18-29-26-13-8-7-12-25(26)28-27(29)21(3)31-24-10-5-4-6-11-24/h4-8,10-17,20-21H,9,18-19H2,1-3H3. The fourth-order valence-corrected chi connectivity index (χ4v) is 3.76. The molecular formula is C27H30N2O2. The maximum atomic E-state index is 6.16. The van der Waals surface area contributed by atoms with Crippen molar-refractivity contribution in [1.29, 1.82) is 0 Å². The minimum Gasteiger partial charge on any atom is -0.494 e. The first-order valence-electron chi connectivity index (χ1n) is 11.0. The lowest BCUT2D eigenvalue weighted by Gasteiger charge is -2.17. The van der Waals surface area contributed by atoms with Crippen molar-refractivity contribution in [3.8, 4) is 11.5 Å². The molecule has 31 heavy (non-hydrogen) atoms. The van der Waals surface area contributed by atoms with Gasteiger partial charge in [-0.3, -0.25) is 0 Å². The van der Waals surface area contributed by atoms with E-state index < -0.39 is 0 Å². The average molecular weight is 415 g/mol. The molecule has 0 saturated heterocycles. The molecule has 0 bridgehead atoms. The van der Waals surface area contributed by atoms with Crippen LogP contribution in [0.1, 0.15) is 50.6 Å². The van der Waals surface area contributed by atoms with Gasteiger partial charge in [-0.2, -0.15) is 0 Å². The number of aromatic nitrogens is 2. The van der Waals surface area contributed by atoms with Crippen molar-refractivity contribution >= 4 is 11.0 Å². The lowest BCUT2D eigenvalue weighted by atomic mass is 10.0. The van der Waals surface area contributed by atoms with E-state index >= 15 is 0 Å². The summed E-state index contributed by atoms with van der Waals surface area (Å²) in [5, 5.41) is 0. The summed E-state index contributed by atoms with van der Waals surface area (Å²) in [6.45, 7) is 7.93. The van der Waals surface area contributed by atoms with Gasteiger partial charge in [0.2, 0.25) is 0 Å². The van der Waals surface area contributed by atoms with E-state index in [1.54, 1.807) is 0 Å². The summed E-state index contributed by atoms with van der Waals surface area (Å²) < 4.78 is 14.4. The van der Waals surface area contributed by atoms with Gasteiger partial charge in [-0.25, -0.2) is 4.98 Å². The number of benzene rings is 3. The Hall–Kier alpha value is -3.27. The maximum Gasteiger partial charge on any atom is 0.153 e. The summed E-state index contributed by atoms with van der Waals surface area (Å²) in [7, 11) is 0.